The molecule has 124 heavy (non-hydrogen) atoms. The van der Waals surface area contributed by atoms with Crippen LogP contribution in [-0.4, -0.2) is 46.4 Å². The van der Waals surface area contributed by atoms with Gasteiger partial charge in [0.15, 0.2) is 49.6 Å². The lowest BCUT2D eigenvalue weighted by molar-refractivity contribution is -0.697. The predicted octanol–water partition coefficient (Wildman–Crippen LogP) is 13.0. The summed E-state index contributed by atoms with van der Waals surface area (Å²) in [6.07, 6.45) is 33.9. The highest BCUT2D eigenvalue weighted by Gasteiger charge is 2.29. The standard InChI is InChI=1S/C108H102N8O4.4BrH/c1(21-45-113-49-25-9-26-50-113)5-33-57-117-87-61-85(62-88(73-87)118-58-34-6-2-22-46-114-51-27-10-28-52-114)103-105-95-69-81-41-17-13-37-77(81)65-91(95)99(109-105)75-101-93-67-79-39-15-19-43-83(79)71-97(93)107(111-101)104(108-98-72-84-44-20-16-40-80(84)68-94(98)102(112-108)76-100-92-66-78-38-14-18-42-82(78)70-96(92)106(103)110-100)86-63-89(119-59-35-7-3-23-47-115-53-29-11-30-54-115)74-90(64-86)120-60-36-8-4-24-48-116-55-31-12-32-56-116;;;;/h9-20,25-32,37-44,49-56,61-76,109,112H,1-8,21-24,33-36,45-48,57-60H2;4*1H/q+4;;;;/p-4. The Balaban J connectivity index is 0.00000298. The molecule has 10 aromatic carbocycles. The minimum Gasteiger partial charge on any atom is -1.00 e. The Morgan fingerprint density at radius 3 is 0.766 bits per heavy atom. The zero-order valence-electron chi connectivity index (χ0n) is 69.8. The summed E-state index contributed by atoms with van der Waals surface area (Å²) < 4.78 is 37.3. The van der Waals surface area contributed by atoms with Crippen molar-refractivity contribution < 1.29 is 105 Å². The summed E-state index contributed by atoms with van der Waals surface area (Å²) in [4.78, 5) is 20.9. The number of fused-ring (bicyclic) bond motifs is 24. The van der Waals surface area contributed by atoms with E-state index in [4.69, 9.17) is 28.9 Å². The lowest BCUT2D eigenvalue weighted by atomic mass is 9.93. The number of ether oxygens (including phenoxy) is 4. The molecule has 0 saturated carbocycles. The summed E-state index contributed by atoms with van der Waals surface area (Å²) in [6.45, 7) is 6.21. The number of aryl methyl sites for hydroxylation is 4. The first-order valence-electron chi connectivity index (χ1n) is 43.6. The van der Waals surface area contributed by atoms with Crippen LogP contribution in [-0.2, 0) is 26.2 Å². The molecule has 19 rings (SSSR count). The van der Waals surface area contributed by atoms with Crippen LogP contribution in [0.5, 0.6) is 23.0 Å². The average Bonchev–Trinajstić information content (AvgIpc) is 1.56. The van der Waals surface area contributed by atoms with Gasteiger partial charge in [0.05, 0.1) is 60.2 Å². The van der Waals surface area contributed by atoms with Gasteiger partial charge in [-0.2, -0.15) is 0 Å². The second-order valence-corrected chi connectivity index (χ2v) is 32.4. The van der Waals surface area contributed by atoms with Gasteiger partial charge in [0.1, 0.15) is 49.2 Å². The van der Waals surface area contributed by atoms with Gasteiger partial charge in [-0.3, -0.25) is 0 Å². The van der Waals surface area contributed by atoms with Crippen molar-refractivity contribution in [2.75, 3.05) is 26.4 Å². The Labute approximate surface area is 767 Å². The van der Waals surface area contributed by atoms with Crippen LogP contribution in [0.2, 0.25) is 0 Å². The Hall–Kier alpha value is -11.4. The third kappa shape index (κ3) is 20.2. The molecule has 12 nitrogen and oxygen atoms in total. The fourth-order valence-corrected chi connectivity index (χ4v) is 17.8. The van der Waals surface area contributed by atoms with Crippen molar-refractivity contribution >= 4 is 86.7 Å². The number of pyridine rings is 4. The SMILES string of the molecule is [Br-].[Br-].[Br-].[Br-].c1cc[n+](CCCCCCOc2cc(OCCCCCC[n+]3ccccc3)cc(-c3c4nc(cc5[nH]c(c(-c6cc(OCCCCCC[n+]7ccccc7)cc(OCCCCCC[n+]7ccccc7)c6)c6nc(cc7[nH]c3c3cc8ccccc8cc73)-c3cc7ccccc7cc3-6)c3cc6ccccc6cc53)-c3cc5ccccc5cc3-4)c2)cc1. The summed E-state index contributed by atoms with van der Waals surface area (Å²) >= 11 is 0. The van der Waals surface area contributed by atoms with E-state index in [1.807, 2.05) is 0 Å². The topological polar surface area (TPSA) is 110 Å². The van der Waals surface area contributed by atoms with Gasteiger partial charge in [0.25, 0.3) is 0 Å². The van der Waals surface area contributed by atoms with Crippen LogP contribution >= 0.6 is 0 Å². The van der Waals surface area contributed by atoms with Crippen molar-refractivity contribution in [2.45, 2.75) is 129 Å². The first-order valence-corrected chi connectivity index (χ1v) is 43.6. The molecule has 17 aromatic rings. The number of nitrogens with one attached hydrogen (secondary N) is 2. The quantitative estimate of drug-likeness (QED) is 0.0307. The van der Waals surface area contributed by atoms with Crippen LogP contribution < -0.4 is 105 Å². The Morgan fingerprint density at radius 2 is 0.484 bits per heavy atom. The molecule has 2 N–H and O–H groups in total. The molecule has 0 atom stereocenters. The van der Waals surface area contributed by atoms with Gasteiger partial charge in [-0.1, -0.05) is 121 Å². The fourth-order valence-electron chi connectivity index (χ4n) is 17.8. The number of halogens is 4. The zero-order valence-corrected chi connectivity index (χ0v) is 76.2. The maximum atomic E-state index is 7.05. The molecule has 0 unspecified atom stereocenters. The van der Waals surface area contributed by atoms with Crippen molar-refractivity contribution in [1.29, 1.82) is 0 Å². The van der Waals surface area contributed by atoms with Crippen LogP contribution in [0.15, 0.2) is 316 Å². The van der Waals surface area contributed by atoms with Gasteiger partial charge in [0.2, 0.25) is 0 Å². The highest BCUT2D eigenvalue weighted by Crippen LogP contribution is 2.51. The molecular weight excluding hydrogens is 1790 g/mol. The maximum absolute atomic E-state index is 7.05. The van der Waals surface area contributed by atoms with Crippen molar-refractivity contribution in [2.24, 2.45) is 0 Å². The molecule has 8 bridgehead atoms. The highest BCUT2D eigenvalue weighted by atomic mass is 79.9. The Bertz CT molecular complexity index is 6190. The number of rotatable bonds is 34. The molecule has 0 spiro atoms. The summed E-state index contributed by atoms with van der Waals surface area (Å²) in [7, 11) is 0. The van der Waals surface area contributed by atoms with Gasteiger partial charge in [0, 0.05) is 152 Å². The number of hydrogen-bond donors (Lipinski definition) is 2. The van der Waals surface area contributed by atoms with Gasteiger partial charge >= 0.3 is 0 Å². The number of nitrogens with zero attached hydrogens (tertiary/aromatic N) is 6. The number of aromatic nitrogens is 8. The molecule has 626 valence electrons. The number of benzene rings is 10. The average molecular weight is 1900 g/mol. The molecule has 0 saturated heterocycles. The highest BCUT2D eigenvalue weighted by molar-refractivity contribution is 6.21. The van der Waals surface area contributed by atoms with E-state index in [1.165, 1.54) is 0 Å². The molecule has 0 amide bonds. The van der Waals surface area contributed by atoms with Crippen molar-refractivity contribution in [1.82, 2.24) is 19.9 Å². The molecule has 7 aromatic heterocycles. The molecular formula is C108H102Br4N8O4. The molecule has 0 aliphatic carbocycles. The third-order valence-corrected chi connectivity index (χ3v) is 24.0. The van der Waals surface area contributed by atoms with Crippen molar-refractivity contribution in [3.05, 3.63) is 316 Å². The fraction of sp³-hybridized carbons (Fsp3) is 0.222. The molecule has 0 radical (unpaired) electrons. The molecule has 9 heterocycles. The Kier molecular flexibility index (Phi) is 29.5. The first-order chi connectivity index (χ1) is 59.5. The monoisotopic (exact) mass is 1890 g/mol. The molecule has 0 fully saturated rings. The van der Waals surface area contributed by atoms with E-state index in [0.717, 1.165) is 306 Å². The number of H-pyrrole nitrogens is 2. The van der Waals surface area contributed by atoms with Gasteiger partial charge in [-0.15, -0.1) is 0 Å². The predicted molar refractivity (Wildman–Crippen MR) is 488 cm³/mol. The number of hydrogen-bond acceptors (Lipinski definition) is 6. The van der Waals surface area contributed by atoms with E-state index < -0.39 is 0 Å². The second kappa shape index (κ2) is 41.9. The van der Waals surface area contributed by atoms with Gasteiger partial charge < -0.3 is 96.8 Å². The minimum absolute atomic E-state index is 0. The molecule has 16 heteroatoms. The summed E-state index contributed by atoms with van der Waals surface area (Å²) in [5.74, 6) is 3.02. The largest absolute Gasteiger partial charge is 1.00 e. The van der Waals surface area contributed by atoms with E-state index >= 15 is 0 Å². The molecule has 2 aliphatic heterocycles. The van der Waals surface area contributed by atoms with Crippen molar-refractivity contribution in [3.63, 3.8) is 0 Å². The summed E-state index contributed by atoms with van der Waals surface area (Å²) in [5.41, 5.74) is 14.9. The molecule has 2 aliphatic rings. The van der Waals surface area contributed by atoms with Crippen LogP contribution in [0.3, 0.4) is 0 Å². The van der Waals surface area contributed by atoms with Crippen LogP contribution in [0, 0.1) is 0 Å². The summed E-state index contributed by atoms with van der Waals surface area (Å²) in [5, 5.41) is 13.3. The minimum atomic E-state index is 0. The van der Waals surface area contributed by atoms with E-state index in [2.05, 4.69) is 345 Å². The van der Waals surface area contributed by atoms with Crippen LogP contribution in [0.25, 0.3) is 154 Å². The van der Waals surface area contributed by atoms with Crippen LogP contribution in [0.4, 0.5) is 0 Å². The van der Waals surface area contributed by atoms with Gasteiger partial charge in [-0.05, 0) is 216 Å². The van der Waals surface area contributed by atoms with Gasteiger partial charge in [-0.25, -0.2) is 28.2 Å². The smallest absolute Gasteiger partial charge is 0.168 e. The zero-order chi connectivity index (χ0) is 80.2. The normalized spacial score (nSPS) is 11.4. The lowest BCUT2D eigenvalue weighted by Crippen LogP contribution is -3.00. The van der Waals surface area contributed by atoms with Crippen LogP contribution in [0.1, 0.15) is 103 Å². The summed E-state index contributed by atoms with van der Waals surface area (Å²) in [6, 6.07) is 96.9. The second-order valence-electron chi connectivity index (χ2n) is 32.4. The number of unbranched alkanes of at least 4 members (excludes halogenated alkanes) is 12. The van der Waals surface area contributed by atoms with Crippen molar-refractivity contribution in [3.8, 4) is 90.3 Å². The van der Waals surface area contributed by atoms with E-state index in [1.54, 1.807) is 0 Å². The van der Waals surface area contributed by atoms with E-state index in [9.17, 15) is 0 Å². The maximum Gasteiger partial charge on any atom is 0.168 e. The Morgan fingerprint density at radius 1 is 0.234 bits per heavy atom. The van der Waals surface area contributed by atoms with E-state index in [-0.39, 0.29) is 67.9 Å². The van der Waals surface area contributed by atoms with E-state index in [0.29, 0.717) is 26.4 Å². The third-order valence-electron chi connectivity index (χ3n) is 24.0. The first kappa shape index (κ1) is 87.5. The lowest BCUT2D eigenvalue weighted by Gasteiger charge is -2.15. The number of aromatic amines is 2.